The molecule has 0 radical (unpaired) electrons. The molecule has 3 nitrogen and oxygen atoms in total. The summed E-state index contributed by atoms with van der Waals surface area (Å²) in [5.41, 5.74) is 2.18. The quantitative estimate of drug-likeness (QED) is 0.914. The van der Waals surface area contributed by atoms with Crippen molar-refractivity contribution in [3.63, 3.8) is 0 Å². The van der Waals surface area contributed by atoms with E-state index in [1.54, 1.807) is 0 Å². The second-order valence-corrected chi connectivity index (χ2v) is 6.02. The molecule has 1 aromatic heterocycles. The number of nitrogens with one attached hydrogen (secondary N) is 1. The fourth-order valence-corrected chi connectivity index (χ4v) is 3.65. The molecule has 1 atom stereocenters. The maximum absolute atomic E-state index is 5.92. The van der Waals surface area contributed by atoms with Crippen LogP contribution >= 0.6 is 0 Å². The first-order valence-corrected chi connectivity index (χ1v) is 7.84. The molecule has 112 valence electrons. The van der Waals surface area contributed by atoms with Gasteiger partial charge >= 0.3 is 0 Å². The molecule has 1 saturated carbocycles. The molecule has 2 aromatic rings. The molecule has 1 aromatic carbocycles. The minimum absolute atomic E-state index is 0.0257. The Hall–Kier alpha value is -1.45. The summed E-state index contributed by atoms with van der Waals surface area (Å²) in [5, 5.41) is 4.67. The van der Waals surface area contributed by atoms with Crippen LogP contribution in [0.2, 0.25) is 0 Å². The summed E-state index contributed by atoms with van der Waals surface area (Å²) in [4.78, 5) is 4.80. The third kappa shape index (κ3) is 2.81. The molecule has 0 spiro atoms. The first-order valence-electron chi connectivity index (χ1n) is 7.84. The van der Waals surface area contributed by atoms with Crippen molar-refractivity contribution in [2.45, 2.75) is 43.7 Å². The number of hydrogen-bond acceptors (Lipinski definition) is 3. The third-order valence-corrected chi connectivity index (χ3v) is 4.91. The zero-order chi connectivity index (χ0) is 14.7. The smallest absolute Gasteiger partial charge is 0.0834 e. The van der Waals surface area contributed by atoms with Crippen molar-refractivity contribution in [1.29, 1.82) is 0 Å². The third-order valence-electron chi connectivity index (χ3n) is 4.91. The van der Waals surface area contributed by atoms with Crippen molar-refractivity contribution < 1.29 is 4.74 Å². The van der Waals surface area contributed by atoms with E-state index in [0.717, 1.165) is 30.5 Å². The molecule has 3 heteroatoms. The summed E-state index contributed by atoms with van der Waals surface area (Å²) in [6, 6.07) is 12.9. The molecule has 1 N–H and O–H groups in total. The van der Waals surface area contributed by atoms with Crippen molar-refractivity contribution in [1.82, 2.24) is 10.3 Å². The van der Waals surface area contributed by atoms with Crippen molar-refractivity contribution in [2.75, 3.05) is 14.2 Å². The Kier molecular flexibility index (Phi) is 4.22. The number of hydrogen-bond donors (Lipinski definition) is 1. The van der Waals surface area contributed by atoms with Crippen molar-refractivity contribution >= 4 is 10.9 Å². The van der Waals surface area contributed by atoms with Gasteiger partial charge in [0.15, 0.2) is 0 Å². The molecule has 1 unspecified atom stereocenters. The van der Waals surface area contributed by atoms with E-state index in [0.29, 0.717) is 6.04 Å². The largest absolute Gasteiger partial charge is 0.377 e. The average Bonchev–Trinajstić information content (AvgIpc) is 3.02. The number of likely N-dealkylation sites (N-methyl/N-ethyl adjacent to an activating group) is 1. The number of aromatic nitrogens is 1. The molecule has 0 aliphatic heterocycles. The van der Waals surface area contributed by atoms with Gasteiger partial charge in [-0.3, -0.25) is 4.98 Å². The summed E-state index contributed by atoms with van der Waals surface area (Å²) < 4.78 is 5.92. The number of nitrogens with zero attached hydrogens (tertiary/aromatic N) is 1. The number of rotatable bonds is 5. The van der Waals surface area contributed by atoms with Crippen molar-refractivity contribution in [2.24, 2.45) is 0 Å². The van der Waals surface area contributed by atoms with E-state index >= 15 is 0 Å². The Balaban J connectivity index is 1.85. The normalized spacial score (nSPS) is 19.0. The Morgan fingerprint density at radius 2 is 1.95 bits per heavy atom. The molecular formula is C18H24N2O. The maximum Gasteiger partial charge on any atom is 0.0834 e. The van der Waals surface area contributed by atoms with Crippen molar-refractivity contribution in [3.8, 4) is 0 Å². The van der Waals surface area contributed by atoms with Gasteiger partial charge in [0, 0.05) is 30.7 Å². The molecule has 0 saturated heterocycles. The lowest BCUT2D eigenvalue weighted by atomic mass is 9.88. The first kappa shape index (κ1) is 14.5. The number of fused-ring (bicyclic) bond motifs is 1. The Morgan fingerprint density at radius 1 is 1.19 bits per heavy atom. The number of benzene rings is 1. The summed E-state index contributed by atoms with van der Waals surface area (Å²) >= 11 is 0. The number of pyridine rings is 1. The summed E-state index contributed by atoms with van der Waals surface area (Å²) in [6.07, 6.45) is 5.72. The van der Waals surface area contributed by atoms with Crippen molar-refractivity contribution in [3.05, 3.63) is 42.1 Å². The number of para-hydroxylation sites is 1. The van der Waals surface area contributed by atoms with Gasteiger partial charge in [0.05, 0.1) is 11.1 Å². The van der Waals surface area contributed by atoms with Gasteiger partial charge in [-0.05, 0) is 32.0 Å². The van der Waals surface area contributed by atoms with Crippen LogP contribution in [0.3, 0.4) is 0 Å². The highest BCUT2D eigenvalue weighted by Crippen LogP contribution is 2.36. The fraction of sp³-hybridized carbons (Fsp3) is 0.500. The van der Waals surface area contributed by atoms with Gasteiger partial charge in [0.2, 0.25) is 0 Å². The van der Waals surface area contributed by atoms with E-state index in [1.807, 2.05) is 20.2 Å². The van der Waals surface area contributed by atoms with Crippen LogP contribution in [-0.2, 0) is 11.2 Å². The second-order valence-electron chi connectivity index (χ2n) is 6.02. The van der Waals surface area contributed by atoms with Crippen LogP contribution in [0, 0.1) is 0 Å². The van der Waals surface area contributed by atoms with Crippen LogP contribution < -0.4 is 5.32 Å². The predicted octanol–water partition coefficient (Wildman–Crippen LogP) is 3.32. The molecule has 1 aliphatic carbocycles. The Bertz CT molecular complexity index is 605. The van der Waals surface area contributed by atoms with Gasteiger partial charge < -0.3 is 10.1 Å². The fourth-order valence-electron chi connectivity index (χ4n) is 3.65. The van der Waals surface area contributed by atoms with Gasteiger partial charge in [0.25, 0.3) is 0 Å². The monoisotopic (exact) mass is 284 g/mol. The molecule has 1 fully saturated rings. The van der Waals surface area contributed by atoms with Crippen LogP contribution in [0.4, 0.5) is 0 Å². The van der Waals surface area contributed by atoms with Gasteiger partial charge in [-0.1, -0.05) is 37.1 Å². The Morgan fingerprint density at radius 3 is 2.67 bits per heavy atom. The van der Waals surface area contributed by atoms with Crippen LogP contribution in [-0.4, -0.2) is 30.8 Å². The molecule has 3 rings (SSSR count). The zero-order valence-electron chi connectivity index (χ0n) is 12.9. The zero-order valence-corrected chi connectivity index (χ0v) is 12.9. The standard InChI is InChI=1S/C18H24N2O/c1-19-17(18(21-2)11-5-6-12-18)13-15-10-9-14-7-3-4-8-16(14)20-15/h3-4,7-10,17,19H,5-6,11-13H2,1-2H3. The summed E-state index contributed by atoms with van der Waals surface area (Å²) in [7, 11) is 3.88. The highest BCUT2D eigenvalue weighted by molar-refractivity contribution is 5.78. The van der Waals surface area contributed by atoms with E-state index in [-0.39, 0.29) is 5.60 Å². The minimum Gasteiger partial charge on any atom is -0.377 e. The van der Waals surface area contributed by atoms with E-state index < -0.39 is 0 Å². The maximum atomic E-state index is 5.92. The summed E-state index contributed by atoms with van der Waals surface area (Å²) in [5.74, 6) is 0. The average molecular weight is 284 g/mol. The molecule has 1 aliphatic rings. The highest BCUT2D eigenvalue weighted by atomic mass is 16.5. The lowest BCUT2D eigenvalue weighted by Gasteiger charge is -2.36. The molecule has 0 amide bonds. The van der Waals surface area contributed by atoms with E-state index in [4.69, 9.17) is 9.72 Å². The van der Waals surface area contributed by atoms with E-state index in [9.17, 15) is 0 Å². The SMILES string of the molecule is CNC(Cc1ccc2ccccc2n1)C1(OC)CCCC1. The highest BCUT2D eigenvalue weighted by Gasteiger charge is 2.40. The van der Waals surface area contributed by atoms with Gasteiger partial charge in [-0.2, -0.15) is 0 Å². The van der Waals surface area contributed by atoms with Crippen LogP contribution in [0.25, 0.3) is 10.9 Å². The molecule has 0 bridgehead atoms. The topological polar surface area (TPSA) is 34.2 Å². The predicted molar refractivity (Wildman–Crippen MR) is 86.5 cm³/mol. The molecule has 1 heterocycles. The summed E-state index contributed by atoms with van der Waals surface area (Å²) in [6.45, 7) is 0. The van der Waals surface area contributed by atoms with Gasteiger partial charge in [-0.25, -0.2) is 0 Å². The number of methoxy groups -OCH3 is 1. The minimum atomic E-state index is -0.0257. The lowest BCUT2D eigenvalue weighted by molar-refractivity contribution is -0.0338. The lowest BCUT2D eigenvalue weighted by Crippen LogP contribution is -2.50. The van der Waals surface area contributed by atoms with Gasteiger partial charge in [-0.15, -0.1) is 0 Å². The van der Waals surface area contributed by atoms with Crippen LogP contribution in [0.5, 0.6) is 0 Å². The molecular weight excluding hydrogens is 260 g/mol. The number of ether oxygens (including phenoxy) is 1. The first-order chi connectivity index (χ1) is 10.3. The van der Waals surface area contributed by atoms with Gasteiger partial charge in [0.1, 0.15) is 0 Å². The van der Waals surface area contributed by atoms with Crippen LogP contribution in [0.1, 0.15) is 31.4 Å². The van der Waals surface area contributed by atoms with E-state index in [1.165, 1.54) is 18.2 Å². The van der Waals surface area contributed by atoms with Crippen LogP contribution in [0.15, 0.2) is 36.4 Å². The second kappa shape index (κ2) is 6.12. The Labute approximate surface area is 126 Å². The molecule has 21 heavy (non-hydrogen) atoms. The van der Waals surface area contributed by atoms with E-state index in [2.05, 4.69) is 35.6 Å².